The van der Waals surface area contributed by atoms with Crippen LogP contribution in [0.5, 0.6) is 0 Å². The average Bonchev–Trinajstić information content (AvgIpc) is 2.74. The van der Waals surface area contributed by atoms with E-state index in [1.165, 1.54) is 5.56 Å². The maximum absolute atomic E-state index is 12.0. The molecule has 3 aromatic rings. The number of benzene rings is 2. The van der Waals surface area contributed by atoms with Crippen LogP contribution in [0.25, 0.3) is 22.2 Å². The molecule has 5 nitrogen and oxygen atoms in total. The van der Waals surface area contributed by atoms with Crippen molar-refractivity contribution >= 4 is 22.8 Å². The van der Waals surface area contributed by atoms with Crippen LogP contribution in [-0.4, -0.2) is 35.6 Å². The highest BCUT2D eigenvalue weighted by atomic mass is 16.5. The first-order valence-corrected chi connectivity index (χ1v) is 9.91. The predicted octanol–water partition coefficient (Wildman–Crippen LogP) is 4.38. The van der Waals surface area contributed by atoms with Crippen LogP contribution < -0.4 is 4.90 Å². The van der Waals surface area contributed by atoms with Crippen molar-refractivity contribution in [2.45, 2.75) is 26.7 Å². The SMILES string of the molecule is CCOC(=O)C1CCN(c2nc(-c3ccccc3)c3cc(C)ccc3n2)CC1. The van der Waals surface area contributed by atoms with E-state index >= 15 is 0 Å². The van der Waals surface area contributed by atoms with Crippen molar-refractivity contribution in [1.82, 2.24) is 9.97 Å². The number of carbonyl (C=O) groups is 1. The Hall–Kier alpha value is -2.95. The smallest absolute Gasteiger partial charge is 0.309 e. The number of hydrogen-bond acceptors (Lipinski definition) is 5. The van der Waals surface area contributed by atoms with Crippen molar-refractivity contribution in [1.29, 1.82) is 0 Å². The lowest BCUT2D eigenvalue weighted by atomic mass is 9.97. The lowest BCUT2D eigenvalue weighted by molar-refractivity contribution is -0.148. The summed E-state index contributed by atoms with van der Waals surface area (Å²) in [6, 6.07) is 16.5. The first kappa shape index (κ1) is 18.4. The Bertz CT molecular complexity index is 980. The Morgan fingerprint density at radius 3 is 2.57 bits per heavy atom. The van der Waals surface area contributed by atoms with E-state index in [0.717, 1.165) is 54.0 Å². The van der Waals surface area contributed by atoms with Crippen molar-refractivity contribution in [3.63, 3.8) is 0 Å². The van der Waals surface area contributed by atoms with Gasteiger partial charge in [0, 0.05) is 24.0 Å². The standard InChI is InChI=1S/C23H25N3O2/c1-3-28-22(27)18-11-13-26(14-12-18)23-24-20-10-9-16(2)15-19(20)21(25-23)17-7-5-4-6-8-17/h4-10,15,18H,3,11-14H2,1-2H3. The third-order valence-electron chi connectivity index (χ3n) is 5.28. The fraction of sp³-hybridized carbons (Fsp3) is 0.348. The lowest BCUT2D eigenvalue weighted by Gasteiger charge is -2.31. The summed E-state index contributed by atoms with van der Waals surface area (Å²) >= 11 is 0. The van der Waals surface area contributed by atoms with E-state index in [1.54, 1.807) is 0 Å². The van der Waals surface area contributed by atoms with Gasteiger partial charge in [0.2, 0.25) is 5.95 Å². The molecule has 2 aromatic carbocycles. The molecule has 1 saturated heterocycles. The van der Waals surface area contributed by atoms with Crippen LogP contribution in [0.15, 0.2) is 48.5 Å². The molecule has 0 unspecified atom stereocenters. The maximum Gasteiger partial charge on any atom is 0.309 e. The third-order valence-corrected chi connectivity index (χ3v) is 5.28. The molecule has 0 radical (unpaired) electrons. The van der Waals surface area contributed by atoms with Gasteiger partial charge in [0.15, 0.2) is 0 Å². The number of fused-ring (bicyclic) bond motifs is 1. The van der Waals surface area contributed by atoms with Crippen molar-refractivity contribution in [2.75, 3.05) is 24.6 Å². The fourth-order valence-electron chi connectivity index (χ4n) is 3.76. The third kappa shape index (κ3) is 3.70. The molecule has 2 heterocycles. The number of ether oxygens (including phenoxy) is 1. The average molecular weight is 375 g/mol. The molecule has 0 bridgehead atoms. The minimum Gasteiger partial charge on any atom is -0.466 e. The molecule has 1 fully saturated rings. The predicted molar refractivity (Wildman–Crippen MR) is 111 cm³/mol. The van der Waals surface area contributed by atoms with Crippen molar-refractivity contribution in [3.8, 4) is 11.3 Å². The van der Waals surface area contributed by atoms with Crippen LogP contribution in [0, 0.1) is 12.8 Å². The van der Waals surface area contributed by atoms with Gasteiger partial charge >= 0.3 is 5.97 Å². The molecule has 1 aliphatic heterocycles. The maximum atomic E-state index is 12.0. The quantitative estimate of drug-likeness (QED) is 0.633. The van der Waals surface area contributed by atoms with Gasteiger partial charge in [-0.3, -0.25) is 4.79 Å². The minimum absolute atomic E-state index is 0.0205. The summed E-state index contributed by atoms with van der Waals surface area (Å²) in [5.74, 6) is 0.632. The molecule has 4 rings (SSSR count). The van der Waals surface area contributed by atoms with E-state index in [2.05, 4.69) is 42.2 Å². The van der Waals surface area contributed by atoms with Gasteiger partial charge in [-0.1, -0.05) is 42.0 Å². The Morgan fingerprint density at radius 1 is 1.11 bits per heavy atom. The summed E-state index contributed by atoms with van der Waals surface area (Å²) in [5, 5.41) is 1.07. The molecule has 1 aromatic heterocycles. The number of carbonyl (C=O) groups excluding carboxylic acids is 1. The Kier molecular flexibility index (Phi) is 5.24. The second-order valence-corrected chi connectivity index (χ2v) is 7.27. The van der Waals surface area contributed by atoms with E-state index < -0.39 is 0 Å². The van der Waals surface area contributed by atoms with Gasteiger partial charge in [0.1, 0.15) is 0 Å². The van der Waals surface area contributed by atoms with Gasteiger partial charge < -0.3 is 9.64 Å². The van der Waals surface area contributed by atoms with Crippen molar-refractivity contribution in [2.24, 2.45) is 5.92 Å². The number of esters is 1. The topological polar surface area (TPSA) is 55.3 Å². The Labute approximate surface area is 165 Å². The molecule has 0 aliphatic carbocycles. The summed E-state index contributed by atoms with van der Waals surface area (Å²) in [7, 11) is 0. The molecule has 5 heteroatoms. The number of hydrogen-bond donors (Lipinski definition) is 0. The molecule has 0 saturated carbocycles. The number of aryl methyl sites for hydroxylation is 1. The van der Waals surface area contributed by atoms with Gasteiger partial charge in [-0.15, -0.1) is 0 Å². The zero-order valence-corrected chi connectivity index (χ0v) is 16.4. The molecule has 0 spiro atoms. The summed E-state index contributed by atoms with van der Waals surface area (Å²) in [4.78, 5) is 24.0. The minimum atomic E-state index is -0.0815. The summed E-state index contributed by atoms with van der Waals surface area (Å²) < 4.78 is 5.18. The molecule has 0 atom stereocenters. The monoisotopic (exact) mass is 375 g/mol. The van der Waals surface area contributed by atoms with E-state index in [9.17, 15) is 4.79 Å². The summed E-state index contributed by atoms with van der Waals surface area (Å²) in [5.41, 5.74) is 4.18. The van der Waals surface area contributed by atoms with Crippen LogP contribution >= 0.6 is 0 Å². The highest BCUT2D eigenvalue weighted by Crippen LogP contribution is 2.30. The zero-order chi connectivity index (χ0) is 19.5. The van der Waals surface area contributed by atoms with Gasteiger partial charge in [-0.25, -0.2) is 9.97 Å². The van der Waals surface area contributed by atoms with E-state index in [4.69, 9.17) is 14.7 Å². The fourth-order valence-corrected chi connectivity index (χ4v) is 3.76. The van der Waals surface area contributed by atoms with Crippen LogP contribution in [0.4, 0.5) is 5.95 Å². The first-order valence-electron chi connectivity index (χ1n) is 9.91. The Balaban J connectivity index is 1.67. The number of aromatic nitrogens is 2. The van der Waals surface area contributed by atoms with Gasteiger partial charge in [0.25, 0.3) is 0 Å². The molecule has 144 valence electrons. The van der Waals surface area contributed by atoms with Crippen molar-refractivity contribution < 1.29 is 9.53 Å². The van der Waals surface area contributed by atoms with Crippen molar-refractivity contribution in [3.05, 3.63) is 54.1 Å². The molecule has 28 heavy (non-hydrogen) atoms. The molecular formula is C23H25N3O2. The van der Waals surface area contributed by atoms with Crippen LogP contribution in [0.3, 0.4) is 0 Å². The highest BCUT2D eigenvalue weighted by Gasteiger charge is 2.27. The highest BCUT2D eigenvalue weighted by molar-refractivity contribution is 5.93. The van der Waals surface area contributed by atoms with Crippen LogP contribution in [0.1, 0.15) is 25.3 Å². The van der Waals surface area contributed by atoms with Gasteiger partial charge in [-0.2, -0.15) is 0 Å². The first-order chi connectivity index (χ1) is 13.7. The lowest BCUT2D eigenvalue weighted by Crippen LogP contribution is -2.38. The van der Waals surface area contributed by atoms with Crippen LogP contribution in [-0.2, 0) is 9.53 Å². The Morgan fingerprint density at radius 2 is 1.86 bits per heavy atom. The molecular weight excluding hydrogens is 350 g/mol. The number of anilines is 1. The zero-order valence-electron chi connectivity index (χ0n) is 16.4. The second-order valence-electron chi connectivity index (χ2n) is 7.27. The summed E-state index contributed by atoms with van der Waals surface area (Å²) in [6.07, 6.45) is 1.55. The van der Waals surface area contributed by atoms with Gasteiger partial charge in [0.05, 0.1) is 23.7 Å². The normalized spacial score (nSPS) is 15.0. The molecule has 1 aliphatic rings. The molecule has 0 N–H and O–H groups in total. The van der Waals surface area contributed by atoms with E-state index in [1.807, 2.05) is 25.1 Å². The number of nitrogens with zero attached hydrogens (tertiary/aromatic N) is 3. The van der Waals surface area contributed by atoms with E-state index in [-0.39, 0.29) is 11.9 Å². The number of rotatable bonds is 4. The molecule has 0 amide bonds. The van der Waals surface area contributed by atoms with Gasteiger partial charge in [-0.05, 0) is 38.8 Å². The van der Waals surface area contributed by atoms with E-state index in [0.29, 0.717) is 6.61 Å². The second kappa shape index (κ2) is 7.97. The largest absolute Gasteiger partial charge is 0.466 e. The van der Waals surface area contributed by atoms with Crippen LogP contribution in [0.2, 0.25) is 0 Å². The summed E-state index contributed by atoms with van der Waals surface area (Å²) in [6.45, 7) is 5.89. The number of piperidine rings is 1.